The standard InChI is InChI=1S/C7H8.C6H9N3/c1-7-5-3-2-4-6-7;7-6(9-8)5-3-1-2-4-5/h2-6H,1H3;1-3,6,9H,7-8H2. The molecular weight excluding hydrogens is 198 g/mol. The molecule has 3 nitrogen and oxygen atoms in total. The van der Waals surface area contributed by atoms with Gasteiger partial charge in [-0.3, -0.25) is 5.84 Å². The van der Waals surface area contributed by atoms with Crippen molar-refractivity contribution in [2.24, 2.45) is 11.6 Å². The van der Waals surface area contributed by atoms with Crippen LogP contribution in [0, 0.1) is 6.92 Å². The van der Waals surface area contributed by atoms with Crippen LogP contribution in [-0.2, 0) is 0 Å². The van der Waals surface area contributed by atoms with Gasteiger partial charge in [-0.2, -0.15) is 0 Å². The van der Waals surface area contributed by atoms with E-state index in [9.17, 15) is 0 Å². The minimum Gasteiger partial charge on any atom is -0.311 e. The largest absolute Gasteiger partial charge is 0.311 e. The third-order valence-corrected chi connectivity index (χ3v) is 2.08. The number of benzene rings is 1. The Hall–Kier alpha value is -1.64. The van der Waals surface area contributed by atoms with E-state index in [0.717, 1.165) is 5.57 Å². The summed E-state index contributed by atoms with van der Waals surface area (Å²) in [6, 6.07) is 10.3. The van der Waals surface area contributed by atoms with Gasteiger partial charge in [0, 0.05) is 5.57 Å². The summed E-state index contributed by atoms with van der Waals surface area (Å²) >= 11 is 0. The molecule has 0 aliphatic heterocycles. The van der Waals surface area contributed by atoms with E-state index in [4.69, 9.17) is 11.6 Å². The molecule has 1 unspecified atom stereocenters. The van der Waals surface area contributed by atoms with Crippen LogP contribution >= 0.6 is 0 Å². The lowest BCUT2D eigenvalue weighted by molar-refractivity contribution is 0.626. The highest BCUT2D eigenvalue weighted by atomic mass is 15.3. The SMILES string of the molecule is Cc1ccccc1.NNC(N)C1=C=CC=C1. The fourth-order valence-corrected chi connectivity index (χ4v) is 1.16. The first-order chi connectivity index (χ1) is 7.74. The lowest BCUT2D eigenvalue weighted by Gasteiger charge is -2.06. The molecule has 0 fully saturated rings. The van der Waals surface area contributed by atoms with Crippen LogP contribution in [-0.4, -0.2) is 6.17 Å². The second kappa shape index (κ2) is 6.77. The van der Waals surface area contributed by atoms with Gasteiger partial charge >= 0.3 is 0 Å². The van der Waals surface area contributed by atoms with Crippen molar-refractivity contribution in [3.05, 3.63) is 65.4 Å². The summed E-state index contributed by atoms with van der Waals surface area (Å²) in [5, 5.41) is 0. The molecule has 0 heterocycles. The van der Waals surface area contributed by atoms with Crippen molar-refractivity contribution in [3.8, 4) is 0 Å². The van der Waals surface area contributed by atoms with Crippen LogP contribution in [0.2, 0.25) is 0 Å². The maximum absolute atomic E-state index is 5.47. The Morgan fingerprint density at radius 1 is 1.25 bits per heavy atom. The first kappa shape index (κ1) is 12.4. The molecule has 0 bridgehead atoms. The van der Waals surface area contributed by atoms with E-state index in [2.05, 4.69) is 30.2 Å². The van der Waals surface area contributed by atoms with Crippen LogP contribution in [0.15, 0.2) is 59.9 Å². The number of hydrazine groups is 1. The quantitative estimate of drug-likeness (QED) is 0.302. The molecule has 0 spiro atoms. The Labute approximate surface area is 96.1 Å². The lowest BCUT2D eigenvalue weighted by atomic mass is 10.2. The van der Waals surface area contributed by atoms with Crippen molar-refractivity contribution < 1.29 is 0 Å². The Bertz CT molecular complexity index is 400. The Kier molecular flexibility index (Phi) is 5.26. The maximum Gasteiger partial charge on any atom is 0.101 e. The molecule has 1 aliphatic carbocycles. The molecule has 0 saturated carbocycles. The van der Waals surface area contributed by atoms with Crippen molar-refractivity contribution >= 4 is 0 Å². The smallest absolute Gasteiger partial charge is 0.101 e. The fourth-order valence-electron chi connectivity index (χ4n) is 1.16. The van der Waals surface area contributed by atoms with E-state index in [0.29, 0.717) is 0 Å². The van der Waals surface area contributed by atoms with Crippen LogP contribution in [0.1, 0.15) is 5.56 Å². The van der Waals surface area contributed by atoms with Gasteiger partial charge in [0.15, 0.2) is 0 Å². The van der Waals surface area contributed by atoms with E-state index in [1.165, 1.54) is 5.56 Å². The predicted octanol–water partition coefficient (Wildman–Crippen LogP) is 1.38. The molecular formula is C13H17N3. The summed E-state index contributed by atoms with van der Waals surface area (Å²) < 4.78 is 0. The highest BCUT2D eigenvalue weighted by molar-refractivity contribution is 5.31. The molecule has 1 aromatic rings. The van der Waals surface area contributed by atoms with Crippen molar-refractivity contribution in [2.45, 2.75) is 13.1 Å². The summed E-state index contributed by atoms with van der Waals surface area (Å²) in [5.41, 5.74) is 13.0. The van der Waals surface area contributed by atoms with Crippen LogP contribution in [0.25, 0.3) is 0 Å². The second-order valence-electron chi connectivity index (χ2n) is 3.42. The molecule has 1 aliphatic rings. The topological polar surface area (TPSA) is 64.1 Å². The predicted molar refractivity (Wildman–Crippen MR) is 67.2 cm³/mol. The molecule has 2 rings (SSSR count). The molecule has 0 amide bonds. The van der Waals surface area contributed by atoms with Crippen molar-refractivity contribution in [1.82, 2.24) is 5.43 Å². The average molecular weight is 215 g/mol. The fraction of sp³-hybridized carbons (Fsp3) is 0.154. The van der Waals surface area contributed by atoms with Gasteiger partial charge in [0.25, 0.3) is 0 Å². The number of allylic oxidation sites excluding steroid dienone is 1. The van der Waals surface area contributed by atoms with E-state index in [-0.39, 0.29) is 6.17 Å². The number of nitrogens with two attached hydrogens (primary N) is 2. The van der Waals surface area contributed by atoms with Crippen LogP contribution in [0.4, 0.5) is 0 Å². The van der Waals surface area contributed by atoms with Crippen molar-refractivity contribution in [1.29, 1.82) is 0 Å². The maximum atomic E-state index is 5.47. The first-order valence-corrected chi connectivity index (χ1v) is 5.10. The molecule has 3 heteroatoms. The van der Waals surface area contributed by atoms with Gasteiger partial charge in [-0.15, -0.1) is 5.73 Å². The summed E-state index contributed by atoms with van der Waals surface area (Å²) in [6.45, 7) is 2.08. The van der Waals surface area contributed by atoms with Gasteiger partial charge in [0.05, 0.1) is 0 Å². The van der Waals surface area contributed by atoms with Gasteiger partial charge in [0.1, 0.15) is 6.17 Å². The number of nitrogens with one attached hydrogen (secondary N) is 1. The first-order valence-electron chi connectivity index (χ1n) is 5.10. The van der Waals surface area contributed by atoms with E-state index in [1.807, 2.05) is 30.4 Å². The van der Waals surface area contributed by atoms with Gasteiger partial charge in [-0.05, 0) is 19.1 Å². The number of rotatable bonds is 2. The Morgan fingerprint density at radius 2 is 1.94 bits per heavy atom. The summed E-state index contributed by atoms with van der Waals surface area (Å²) in [6.07, 6.45) is 5.24. The second-order valence-corrected chi connectivity index (χ2v) is 3.42. The zero-order valence-corrected chi connectivity index (χ0v) is 9.35. The highest BCUT2D eigenvalue weighted by Crippen LogP contribution is 2.01. The minimum absolute atomic E-state index is 0.292. The molecule has 5 N–H and O–H groups in total. The van der Waals surface area contributed by atoms with Crippen LogP contribution in [0.5, 0.6) is 0 Å². The van der Waals surface area contributed by atoms with Crippen molar-refractivity contribution in [3.63, 3.8) is 0 Å². The third-order valence-electron chi connectivity index (χ3n) is 2.08. The minimum atomic E-state index is -0.292. The number of hydrogen-bond donors (Lipinski definition) is 3. The lowest BCUT2D eigenvalue weighted by Crippen LogP contribution is -2.42. The molecule has 0 aromatic heterocycles. The Balaban J connectivity index is 0.000000165. The molecule has 84 valence electrons. The van der Waals surface area contributed by atoms with E-state index in [1.54, 1.807) is 6.08 Å². The molecule has 1 atom stereocenters. The highest BCUT2D eigenvalue weighted by Gasteiger charge is 2.02. The molecule has 0 radical (unpaired) electrons. The summed E-state index contributed by atoms with van der Waals surface area (Å²) in [5.74, 6) is 5.07. The third kappa shape index (κ3) is 4.26. The zero-order valence-electron chi connectivity index (χ0n) is 9.35. The molecule has 1 aromatic carbocycles. The van der Waals surface area contributed by atoms with Gasteiger partial charge in [-0.1, -0.05) is 42.0 Å². The van der Waals surface area contributed by atoms with Gasteiger partial charge in [-0.25, -0.2) is 5.43 Å². The monoisotopic (exact) mass is 215 g/mol. The summed E-state index contributed by atoms with van der Waals surface area (Å²) in [4.78, 5) is 0. The molecule has 16 heavy (non-hydrogen) atoms. The average Bonchev–Trinajstić information content (AvgIpc) is 2.83. The Morgan fingerprint density at radius 3 is 2.31 bits per heavy atom. The van der Waals surface area contributed by atoms with Gasteiger partial charge in [0.2, 0.25) is 0 Å². The van der Waals surface area contributed by atoms with Crippen LogP contribution < -0.4 is 17.0 Å². The van der Waals surface area contributed by atoms with E-state index < -0.39 is 0 Å². The summed E-state index contributed by atoms with van der Waals surface area (Å²) in [7, 11) is 0. The van der Waals surface area contributed by atoms with Gasteiger partial charge < -0.3 is 5.73 Å². The van der Waals surface area contributed by atoms with Crippen LogP contribution in [0.3, 0.4) is 0 Å². The van der Waals surface area contributed by atoms with Crippen molar-refractivity contribution in [2.75, 3.05) is 0 Å². The zero-order chi connectivity index (χ0) is 11.8. The normalized spacial score (nSPS) is 14.1. The number of hydrogen-bond acceptors (Lipinski definition) is 3. The molecule has 0 saturated heterocycles. The number of aryl methyl sites for hydroxylation is 1. The van der Waals surface area contributed by atoms with E-state index >= 15 is 0 Å².